The van der Waals surface area contributed by atoms with E-state index in [2.05, 4.69) is 4.99 Å². The van der Waals surface area contributed by atoms with Gasteiger partial charge in [0, 0.05) is 11.3 Å². The number of amides is 1. The molecule has 2 N–H and O–H groups in total. The lowest BCUT2D eigenvalue weighted by atomic mass is 10.1. The van der Waals surface area contributed by atoms with Crippen molar-refractivity contribution in [3.05, 3.63) is 41.5 Å². The van der Waals surface area contributed by atoms with Gasteiger partial charge in [-0.1, -0.05) is 42.1 Å². The minimum absolute atomic E-state index is 0.227. The molecule has 0 radical (unpaired) electrons. The fraction of sp³-hybridized carbons (Fsp3) is 0.0909. The molecule has 1 aromatic carbocycles. The van der Waals surface area contributed by atoms with Crippen LogP contribution in [0.15, 0.2) is 40.9 Å². The Morgan fingerprint density at radius 1 is 1.33 bits per heavy atom. The van der Waals surface area contributed by atoms with Crippen LogP contribution in [0.1, 0.15) is 5.56 Å². The summed E-state index contributed by atoms with van der Waals surface area (Å²) in [6.45, 7) is 0. The predicted molar refractivity (Wildman–Crippen MR) is 63.5 cm³/mol. The molecular formula is C11H10N2OS. The number of nitrogens with two attached hydrogens (primary N) is 1. The van der Waals surface area contributed by atoms with Gasteiger partial charge in [-0.05, 0) is 11.6 Å². The van der Waals surface area contributed by atoms with Crippen molar-refractivity contribution in [3.63, 3.8) is 0 Å². The fourth-order valence-corrected chi connectivity index (χ4v) is 1.93. The van der Waals surface area contributed by atoms with E-state index in [1.165, 1.54) is 11.8 Å². The number of carbonyl (C=O) groups excluding carboxylic acids is 1. The molecule has 0 spiro atoms. The molecule has 0 saturated heterocycles. The highest BCUT2D eigenvalue weighted by molar-refractivity contribution is 8.14. The quantitative estimate of drug-likeness (QED) is 0.729. The van der Waals surface area contributed by atoms with E-state index in [4.69, 9.17) is 5.73 Å². The van der Waals surface area contributed by atoms with Gasteiger partial charge in [0.15, 0.2) is 5.17 Å². The minimum Gasteiger partial charge on any atom is -0.378 e. The summed E-state index contributed by atoms with van der Waals surface area (Å²) in [6, 6.07) is 9.71. The van der Waals surface area contributed by atoms with Crippen molar-refractivity contribution in [2.75, 3.05) is 5.75 Å². The van der Waals surface area contributed by atoms with E-state index in [9.17, 15) is 4.79 Å². The van der Waals surface area contributed by atoms with Gasteiger partial charge in [0.25, 0.3) is 5.91 Å². The first-order valence-corrected chi connectivity index (χ1v) is 5.51. The van der Waals surface area contributed by atoms with Gasteiger partial charge in [0.1, 0.15) is 0 Å². The Kier molecular flexibility index (Phi) is 2.87. The van der Waals surface area contributed by atoms with Gasteiger partial charge in [-0.3, -0.25) is 4.79 Å². The van der Waals surface area contributed by atoms with Crippen LogP contribution in [0.5, 0.6) is 0 Å². The minimum atomic E-state index is -0.227. The molecule has 15 heavy (non-hydrogen) atoms. The molecule has 0 aromatic heterocycles. The Bertz CT molecular complexity index is 437. The van der Waals surface area contributed by atoms with E-state index < -0.39 is 0 Å². The molecule has 0 fully saturated rings. The number of thioether (sulfide) groups is 1. The summed E-state index contributed by atoms with van der Waals surface area (Å²) in [4.78, 5) is 15.2. The van der Waals surface area contributed by atoms with Crippen molar-refractivity contribution < 1.29 is 4.79 Å². The second kappa shape index (κ2) is 4.31. The second-order valence-corrected chi connectivity index (χ2v) is 4.12. The third-order valence-electron chi connectivity index (χ3n) is 2.00. The molecule has 1 aromatic rings. The van der Waals surface area contributed by atoms with Gasteiger partial charge in [-0.15, -0.1) is 0 Å². The van der Waals surface area contributed by atoms with Crippen molar-refractivity contribution in [1.82, 2.24) is 0 Å². The van der Waals surface area contributed by atoms with E-state index in [1.54, 1.807) is 0 Å². The summed E-state index contributed by atoms with van der Waals surface area (Å²) in [5, 5.41) is 0.352. The lowest BCUT2D eigenvalue weighted by Crippen LogP contribution is -2.18. The highest BCUT2D eigenvalue weighted by Gasteiger charge is 2.15. The normalized spacial score (nSPS) is 19.1. The van der Waals surface area contributed by atoms with Crippen LogP contribution in [0.25, 0.3) is 6.08 Å². The summed E-state index contributed by atoms with van der Waals surface area (Å²) >= 11 is 1.39. The molecule has 0 saturated carbocycles. The summed E-state index contributed by atoms with van der Waals surface area (Å²) in [5.41, 5.74) is 7.15. The third kappa shape index (κ3) is 2.47. The second-order valence-electron chi connectivity index (χ2n) is 3.12. The number of nitrogens with zero attached hydrogens (tertiary/aromatic N) is 1. The van der Waals surface area contributed by atoms with E-state index >= 15 is 0 Å². The SMILES string of the molecule is NC1=NC(=O)/C(=C/c2ccccc2)CS1. The monoisotopic (exact) mass is 218 g/mol. The zero-order chi connectivity index (χ0) is 10.7. The molecule has 2 rings (SSSR count). The molecule has 4 heteroatoms. The van der Waals surface area contributed by atoms with Crippen LogP contribution in [0.4, 0.5) is 0 Å². The summed E-state index contributed by atoms with van der Waals surface area (Å²) in [7, 11) is 0. The van der Waals surface area contributed by atoms with Crippen LogP contribution >= 0.6 is 11.8 Å². The number of amidine groups is 1. The summed E-state index contributed by atoms with van der Waals surface area (Å²) < 4.78 is 0. The summed E-state index contributed by atoms with van der Waals surface area (Å²) in [5.74, 6) is 0.374. The van der Waals surface area contributed by atoms with Gasteiger partial charge in [-0.25, -0.2) is 0 Å². The van der Waals surface area contributed by atoms with Crippen LogP contribution in [0.3, 0.4) is 0 Å². The molecule has 1 amide bonds. The average molecular weight is 218 g/mol. The van der Waals surface area contributed by atoms with Crippen LogP contribution in [0.2, 0.25) is 0 Å². The van der Waals surface area contributed by atoms with Gasteiger partial charge >= 0.3 is 0 Å². The van der Waals surface area contributed by atoms with Gasteiger partial charge in [-0.2, -0.15) is 4.99 Å². The lowest BCUT2D eigenvalue weighted by Gasteiger charge is -2.09. The number of aliphatic imine (C=N–C) groups is 1. The van der Waals surface area contributed by atoms with Crippen molar-refractivity contribution >= 4 is 28.9 Å². The Balaban J connectivity index is 2.26. The zero-order valence-corrected chi connectivity index (χ0v) is 8.83. The average Bonchev–Trinajstić information content (AvgIpc) is 2.24. The van der Waals surface area contributed by atoms with Crippen LogP contribution < -0.4 is 5.73 Å². The van der Waals surface area contributed by atoms with Crippen molar-refractivity contribution in [3.8, 4) is 0 Å². The summed E-state index contributed by atoms with van der Waals surface area (Å²) in [6.07, 6.45) is 1.85. The first-order valence-electron chi connectivity index (χ1n) is 4.52. The standard InChI is InChI=1S/C11H10N2OS/c12-11-13-10(14)9(7-15-11)6-8-4-2-1-3-5-8/h1-6H,7H2,(H2,12,13,14)/b9-6+. The number of hydrogen-bond acceptors (Lipinski definition) is 3. The van der Waals surface area contributed by atoms with Gasteiger partial charge in [0.05, 0.1) is 0 Å². The number of rotatable bonds is 1. The first kappa shape index (κ1) is 9.98. The number of benzene rings is 1. The fourth-order valence-electron chi connectivity index (χ4n) is 1.27. The third-order valence-corrected chi connectivity index (χ3v) is 2.84. The topological polar surface area (TPSA) is 55.4 Å². The molecule has 0 unspecified atom stereocenters. The zero-order valence-electron chi connectivity index (χ0n) is 8.01. The smallest absolute Gasteiger partial charge is 0.276 e. The van der Waals surface area contributed by atoms with Gasteiger partial charge in [0.2, 0.25) is 0 Å². The van der Waals surface area contributed by atoms with Crippen LogP contribution in [-0.4, -0.2) is 16.8 Å². The Hall–Kier alpha value is -1.55. The van der Waals surface area contributed by atoms with E-state index in [0.29, 0.717) is 16.5 Å². The maximum Gasteiger partial charge on any atom is 0.276 e. The highest BCUT2D eigenvalue weighted by atomic mass is 32.2. The first-order chi connectivity index (χ1) is 7.25. The van der Waals surface area contributed by atoms with E-state index in [1.807, 2.05) is 36.4 Å². The lowest BCUT2D eigenvalue weighted by molar-refractivity contribution is -0.114. The number of hydrogen-bond donors (Lipinski definition) is 1. The predicted octanol–water partition coefficient (Wildman–Crippen LogP) is 1.66. The molecule has 0 atom stereocenters. The Morgan fingerprint density at radius 3 is 2.73 bits per heavy atom. The highest BCUT2D eigenvalue weighted by Crippen LogP contribution is 2.18. The molecule has 3 nitrogen and oxygen atoms in total. The van der Waals surface area contributed by atoms with E-state index in [-0.39, 0.29) is 5.91 Å². The molecule has 1 aliphatic heterocycles. The van der Waals surface area contributed by atoms with Crippen molar-refractivity contribution in [1.29, 1.82) is 0 Å². The molecule has 76 valence electrons. The maximum absolute atomic E-state index is 11.5. The molecule has 0 aliphatic carbocycles. The number of carbonyl (C=O) groups is 1. The largest absolute Gasteiger partial charge is 0.378 e. The Morgan fingerprint density at radius 2 is 2.07 bits per heavy atom. The van der Waals surface area contributed by atoms with Crippen molar-refractivity contribution in [2.24, 2.45) is 10.7 Å². The Labute approximate surface area is 92.1 Å². The van der Waals surface area contributed by atoms with E-state index in [0.717, 1.165) is 5.56 Å². The maximum atomic E-state index is 11.5. The van der Waals surface area contributed by atoms with Crippen LogP contribution in [-0.2, 0) is 4.79 Å². The molecule has 1 aliphatic rings. The molecule has 1 heterocycles. The molecular weight excluding hydrogens is 208 g/mol. The van der Waals surface area contributed by atoms with Gasteiger partial charge < -0.3 is 5.73 Å². The van der Waals surface area contributed by atoms with Crippen LogP contribution in [0, 0.1) is 0 Å². The van der Waals surface area contributed by atoms with Crippen molar-refractivity contribution in [2.45, 2.75) is 0 Å². The molecule has 0 bridgehead atoms.